The van der Waals surface area contributed by atoms with E-state index in [1.807, 2.05) is 0 Å². The maximum absolute atomic E-state index is 13.1. The van der Waals surface area contributed by atoms with E-state index in [1.165, 1.54) is 27.4 Å². The van der Waals surface area contributed by atoms with E-state index < -0.39 is 0 Å². The number of benzene rings is 2. The summed E-state index contributed by atoms with van der Waals surface area (Å²) < 4.78 is 21.4. The van der Waals surface area contributed by atoms with Crippen LogP contribution in [0.15, 0.2) is 33.5 Å². The molecule has 0 bridgehead atoms. The lowest BCUT2D eigenvalue weighted by atomic mass is 9.96. The zero-order valence-corrected chi connectivity index (χ0v) is 18.4. The van der Waals surface area contributed by atoms with Crippen LogP contribution in [-0.2, 0) is 12.8 Å². The Bertz CT molecular complexity index is 1310. The molecule has 0 saturated carbocycles. The Balaban J connectivity index is 1.79. The van der Waals surface area contributed by atoms with E-state index in [9.17, 15) is 14.7 Å². The molecule has 3 aromatic rings. The monoisotopic (exact) mass is 436 g/mol. The number of allylic oxidation sites excluding steroid dienone is 1. The molecule has 0 fully saturated rings. The highest BCUT2D eigenvalue weighted by molar-refractivity contribution is 6.13. The summed E-state index contributed by atoms with van der Waals surface area (Å²) in [6, 6.07) is 5.01. The summed E-state index contributed by atoms with van der Waals surface area (Å²) in [5, 5.41) is 11.5. The minimum Gasteiger partial charge on any atom is -0.506 e. The number of phenols is 1. The molecule has 1 aliphatic carbocycles. The number of hydrogen-bond donors (Lipinski definition) is 1. The second-order valence-corrected chi connectivity index (χ2v) is 7.64. The van der Waals surface area contributed by atoms with Crippen molar-refractivity contribution >= 4 is 22.8 Å². The normalized spacial score (nSPS) is 12.9. The first-order chi connectivity index (χ1) is 15.4. The molecular weight excluding hydrogens is 412 g/mol. The number of carbonyl (C=O) groups excluding carboxylic acids is 1. The highest BCUT2D eigenvalue weighted by Gasteiger charge is 2.25. The molecule has 0 amide bonds. The summed E-state index contributed by atoms with van der Waals surface area (Å²) in [6.07, 6.45) is 5.07. The van der Waals surface area contributed by atoms with E-state index in [-0.39, 0.29) is 22.7 Å². The first-order valence-corrected chi connectivity index (χ1v) is 10.2. The van der Waals surface area contributed by atoms with E-state index in [0.29, 0.717) is 57.7 Å². The fourth-order valence-electron chi connectivity index (χ4n) is 4.29. The zero-order chi connectivity index (χ0) is 23.0. The largest absolute Gasteiger partial charge is 0.506 e. The molecule has 4 rings (SSSR count). The molecule has 7 nitrogen and oxygen atoms in total. The standard InChI is InChI=1S/C25H24O7/c1-13-10-21-23(15-6-5-7-16(15)25(28)32-21)24(27)22(13)17(26)9-8-14-11-19(30-3)20(31-4)12-18(14)29-2/h8-12,27H,5-7H2,1-4H3. The van der Waals surface area contributed by atoms with Gasteiger partial charge in [-0.3, -0.25) is 4.79 Å². The first-order valence-electron chi connectivity index (χ1n) is 10.2. The molecule has 0 atom stereocenters. The van der Waals surface area contributed by atoms with E-state index in [0.717, 1.165) is 12.0 Å². The van der Waals surface area contributed by atoms with Gasteiger partial charge in [-0.2, -0.15) is 0 Å². The summed E-state index contributed by atoms with van der Waals surface area (Å²) in [4.78, 5) is 25.3. The van der Waals surface area contributed by atoms with Gasteiger partial charge < -0.3 is 23.7 Å². The van der Waals surface area contributed by atoms with Crippen LogP contribution in [0.5, 0.6) is 23.0 Å². The zero-order valence-electron chi connectivity index (χ0n) is 18.4. The number of ketones is 1. The van der Waals surface area contributed by atoms with Crippen molar-refractivity contribution in [2.24, 2.45) is 0 Å². The lowest BCUT2D eigenvalue weighted by molar-refractivity contribution is 0.104. The van der Waals surface area contributed by atoms with Crippen LogP contribution in [0, 0.1) is 6.92 Å². The Morgan fingerprint density at radius 1 is 1.00 bits per heavy atom. The molecule has 32 heavy (non-hydrogen) atoms. The SMILES string of the molecule is COc1cc(OC)c(OC)cc1C=CC(=O)c1c(C)cc2oc(=O)c3c(c2c1O)CCC3. The van der Waals surface area contributed by atoms with E-state index in [2.05, 4.69) is 0 Å². The number of hydrogen-bond acceptors (Lipinski definition) is 7. The molecule has 1 aromatic heterocycles. The number of rotatable bonds is 6. The van der Waals surface area contributed by atoms with Crippen molar-refractivity contribution in [3.8, 4) is 23.0 Å². The van der Waals surface area contributed by atoms with Gasteiger partial charge in [-0.25, -0.2) is 4.79 Å². The van der Waals surface area contributed by atoms with Crippen molar-refractivity contribution in [3.63, 3.8) is 0 Å². The Kier molecular flexibility index (Phi) is 5.65. The molecular formula is C25H24O7. The van der Waals surface area contributed by atoms with E-state index >= 15 is 0 Å². The van der Waals surface area contributed by atoms with Gasteiger partial charge in [0.2, 0.25) is 0 Å². The summed E-state index contributed by atoms with van der Waals surface area (Å²) in [5.41, 5.74) is 2.59. The maximum atomic E-state index is 13.1. The van der Waals surface area contributed by atoms with Crippen LogP contribution in [0.1, 0.15) is 39.0 Å². The van der Waals surface area contributed by atoms with Crippen LogP contribution in [0.4, 0.5) is 0 Å². The molecule has 166 valence electrons. The average molecular weight is 436 g/mol. The van der Waals surface area contributed by atoms with E-state index in [4.69, 9.17) is 18.6 Å². The smallest absolute Gasteiger partial charge is 0.339 e. The van der Waals surface area contributed by atoms with Crippen LogP contribution >= 0.6 is 0 Å². The van der Waals surface area contributed by atoms with Crippen LogP contribution in [0.2, 0.25) is 0 Å². The molecule has 1 aliphatic rings. The van der Waals surface area contributed by atoms with Gasteiger partial charge in [-0.1, -0.05) is 0 Å². The molecule has 1 heterocycles. The lowest BCUT2D eigenvalue weighted by Gasteiger charge is -2.13. The topological polar surface area (TPSA) is 95.2 Å². The second kappa shape index (κ2) is 8.42. The van der Waals surface area contributed by atoms with Crippen molar-refractivity contribution in [2.75, 3.05) is 21.3 Å². The van der Waals surface area contributed by atoms with Crippen molar-refractivity contribution in [2.45, 2.75) is 26.2 Å². The molecule has 0 radical (unpaired) electrons. The van der Waals surface area contributed by atoms with Gasteiger partial charge in [0.15, 0.2) is 17.3 Å². The number of aromatic hydroxyl groups is 1. The van der Waals surface area contributed by atoms with Crippen molar-refractivity contribution in [3.05, 3.63) is 62.5 Å². The van der Waals surface area contributed by atoms with Crippen molar-refractivity contribution in [1.29, 1.82) is 0 Å². The maximum Gasteiger partial charge on any atom is 0.339 e. The fraction of sp³-hybridized carbons (Fsp3) is 0.280. The Morgan fingerprint density at radius 3 is 2.34 bits per heavy atom. The van der Waals surface area contributed by atoms with Gasteiger partial charge in [0.1, 0.15) is 17.1 Å². The Morgan fingerprint density at radius 2 is 1.66 bits per heavy atom. The van der Waals surface area contributed by atoms with Gasteiger partial charge in [-0.15, -0.1) is 0 Å². The fourth-order valence-corrected chi connectivity index (χ4v) is 4.29. The minimum absolute atomic E-state index is 0.157. The second-order valence-electron chi connectivity index (χ2n) is 7.64. The molecule has 7 heteroatoms. The van der Waals surface area contributed by atoms with Gasteiger partial charge in [0.25, 0.3) is 0 Å². The predicted octanol–water partition coefficient (Wildman–Crippen LogP) is 4.22. The quantitative estimate of drug-likeness (QED) is 0.351. The number of phenolic OH excluding ortho intramolecular Hbond substituents is 1. The Hall–Kier alpha value is -3.74. The van der Waals surface area contributed by atoms with Crippen LogP contribution < -0.4 is 19.8 Å². The summed E-state index contributed by atoms with van der Waals surface area (Å²) >= 11 is 0. The molecule has 0 unspecified atom stereocenters. The third-order valence-corrected chi connectivity index (χ3v) is 5.83. The van der Waals surface area contributed by atoms with Gasteiger partial charge >= 0.3 is 5.63 Å². The van der Waals surface area contributed by atoms with Gasteiger partial charge in [0.05, 0.1) is 32.3 Å². The minimum atomic E-state index is -0.378. The third-order valence-electron chi connectivity index (χ3n) is 5.83. The number of carbonyl (C=O) groups is 1. The van der Waals surface area contributed by atoms with Crippen molar-refractivity contribution < 1.29 is 28.5 Å². The van der Waals surface area contributed by atoms with Crippen molar-refractivity contribution in [1.82, 2.24) is 0 Å². The third kappa shape index (κ3) is 3.49. The number of methoxy groups -OCH3 is 3. The van der Waals surface area contributed by atoms with E-state index in [1.54, 1.807) is 31.2 Å². The number of aryl methyl sites for hydroxylation is 2. The summed E-state index contributed by atoms with van der Waals surface area (Å²) in [7, 11) is 4.57. The molecule has 0 saturated heterocycles. The molecule has 1 N–H and O–H groups in total. The summed E-state index contributed by atoms with van der Waals surface area (Å²) in [5.74, 6) is 0.972. The Labute approximate surface area is 184 Å². The van der Waals surface area contributed by atoms with Crippen LogP contribution in [0.3, 0.4) is 0 Å². The van der Waals surface area contributed by atoms with Crippen LogP contribution in [0.25, 0.3) is 17.0 Å². The predicted molar refractivity (Wildman–Crippen MR) is 120 cm³/mol. The van der Waals surface area contributed by atoms with Gasteiger partial charge in [0, 0.05) is 17.2 Å². The molecule has 0 spiro atoms. The first kappa shape index (κ1) is 21.5. The summed E-state index contributed by atoms with van der Waals surface area (Å²) in [6.45, 7) is 1.70. The number of fused-ring (bicyclic) bond motifs is 3. The number of ether oxygens (including phenoxy) is 3. The average Bonchev–Trinajstić information content (AvgIpc) is 3.27. The molecule has 2 aromatic carbocycles. The highest BCUT2D eigenvalue weighted by Crippen LogP contribution is 2.38. The highest BCUT2D eigenvalue weighted by atomic mass is 16.5. The lowest BCUT2D eigenvalue weighted by Crippen LogP contribution is -2.08. The van der Waals surface area contributed by atoms with Crippen LogP contribution in [-0.4, -0.2) is 32.2 Å². The molecule has 0 aliphatic heterocycles. The van der Waals surface area contributed by atoms with Gasteiger partial charge in [-0.05, 0) is 61.6 Å².